The second-order valence-electron chi connectivity index (χ2n) is 5.81. The van der Waals surface area contributed by atoms with Gasteiger partial charge in [0.2, 0.25) is 10.0 Å². The summed E-state index contributed by atoms with van der Waals surface area (Å²) in [6, 6.07) is 10.5. The summed E-state index contributed by atoms with van der Waals surface area (Å²) in [6.45, 7) is 1.15. The van der Waals surface area contributed by atoms with Crippen molar-refractivity contribution in [2.24, 2.45) is 5.10 Å². The highest BCUT2D eigenvalue weighted by Crippen LogP contribution is 2.25. The third-order valence-electron chi connectivity index (χ3n) is 3.64. The topological polar surface area (TPSA) is 122 Å². The number of para-hydroxylation sites is 1. The zero-order valence-corrected chi connectivity index (χ0v) is 16.6. The number of nitro benzene ring substituents is 1. The zero-order valence-electron chi connectivity index (χ0n) is 15.0. The summed E-state index contributed by atoms with van der Waals surface area (Å²) < 4.78 is 25.2. The smallest absolute Gasteiger partial charge is 0.271 e. The normalized spacial score (nSPS) is 11.4. The molecule has 1 N–H and O–H groups in total. The van der Waals surface area contributed by atoms with Crippen molar-refractivity contribution in [3.63, 3.8) is 0 Å². The molecule has 0 saturated heterocycles. The van der Waals surface area contributed by atoms with E-state index in [4.69, 9.17) is 11.6 Å². The first-order chi connectivity index (χ1) is 13.1. The number of aryl methyl sites for hydroxylation is 1. The molecule has 0 bridgehead atoms. The molecule has 148 valence electrons. The molecular formula is C17H17ClN4O5S. The number of nitrogens with one attached hydrogen (secondary N) is 1. The van der Waals surface area contributed by atoms with Crippen LogP contribution in [-0.2, 0) is 14.8 Å². The van der Waals surface area contributed by atoms with Gasteiger partial charge in [-0.1, -0.05) is 23.7 Å². The quantitative estimate of drug-likeness (QED) is 0.415. The number of carbonyl (C=O) groups excluding carboxylic acids is 1. The minimum absolute atomic E-state index is 0.171. The van der Waals surface area contributed by atoms with Crippen LogP contribution < -0.4 is 9.73 Å². The van der Waals surface area contributed by atoms with Crippen molar-refractivity contribution in [3.05, 3.63) is 68.7 Å². The molecule has 0 aliphatic carbocycles. The molecule has 0 unspecified atom stereocenters. The first-order valence-electron chi connectivity index (χ1n) is 7.89. The fraction of sp³-hybridized carbons (Fsp3) is 0.176. The molecule has 1 amide bonds. The molecule has 0 saturated carbocycles. The van der Waals surface area contributed by atoms with E-state index in [0.29, 0.717) is 16.3 Å². The second-order valence-corrected chi connectivity index (χ2v) is 8.15. The van der Waals surface area contributed by atoms with E-state index in [-0.39, 0.29) is 11.3 Å². The summed E-state index contributed by atoms with van der Waals surface area (Å²) >= 11 is 5.89. The van der Waals surface area contributed by atoms with E-state index in [1.54, 1.807) is 19.1 Å². The Bertz CT molecular complexity index is 1040. The average molecular weight is 425 g/mol. The lowest BCUT2D eigenvalue weighted by molar-refractivity contribution is -0.385. The molecule has 0 aromatic heterocycles. The van der Waals surface area contributed by atoms with Crippen molar-refractivity contribution in [2.45, 2.75) is 6.92 Å². The SMILES string of the molecule is Cc1cc(Cl)ccc1N(CC(=O)N/N=C\c1ccccc1[N+](=O)[O-])S(C)(=O)=O. The summed E-state index contributed by atoms with van der Waals surface area (Å²) in [5.74, 6) is -0.713. The average Bonchev–Trinajstić information content (AvgIpc) is 2.59. The number of sulfonamides is 1. The predicted octanol–water partition coefficient (Wildman–Crippen LogP) is 2.47. The van der Waals surface area contributed by atoms with Crippen molar-refractivity contribution in [3.8, 4) is 0 Å². The summed E-state index contributed by atoms with van der Waals surface area (Å²) in [5.41, 5.74) is 3.09. The summed E-state index contributed by atoms with van der Waals surface area (Å²) in [5, 5.41) is 15.1. The Kier molecular flexibility index (Phi) is 6.71. The lowest BCUT2D eigenvalue weighted by Gasteiger charge is -2.23. The van der Waals surface area contributed by atoms with Crippen molar-refractivity contribution >= 4 is 45.1 Å². The number of hydrazone groups is 1. The van der Waals surface area contributed by atoms with Crippen molar-refractivity contribution in [1.29, 1.82) is 0 Å². The van der Waals surface area contributed by atoms with Crippen LogP contribution in [0, 0.1) is 17.0 Å². The van der Waals surface area contributed by atoms with E-state index in [9.17, 15) is 23.3 Å². The molecule has 0 spiro atoms. The van der Waals surface area contributed by atoms with Crippen LogP contribution in [0.25, 0.3) is 0 Å². The number of amides is 1. The van der Waals surface area contributed by atoms with Gasteiger partial charge in [0.05, 0.1) is 28.6 Å². The number of anilines is 1. The van der Waals surface area contributed by atoms with Crippen LogP contribution >= 0.6 is 11.6 Å². The molecular weight excluding hydrogens is 408 g/mol. The van der Waals surface area contributed by atoms with Crippen molar-refractivity contribution < 1.29 is 18.1 Å². The van der Waals surface area contributed by atoms with Crippen LogP contribution in [-0.4, -0.2) is 38.3 Å². The van der Waals surface area contributed by atoms with Crippen molar-refractivity contribution in [1.82, 2.24) is 5.43 Å². The lowest BCUT2D eigenvalue weighted by Crippen LogP contribution is -2.39. The second kappa shape index (κ2) is 8.81. The predicted molar refractivity (Wildman–Crippen MR) is 107 cm³/mol. The molecule has 0 fully saturated rings. The maximum absolute atomic E-state index is 12.2. The summed E-state index contributed by atoms with van der Waals surface area (Å²) in [6.07, 6.45) is 2.10. The molecule has 28 heavy (non-hydrogen) atoms. The number of hydrogen-bond acceptors (Lipinski definition) is 6. The third-order valence-corrected chi connectivity index (χ3v) is 5.00. The standard InChI is InChI=1S/C17H17ClN4O5S/c1-12-9-14(18)7-8-15(12)21(28(2,26)27)11-17(23)20-19-10-13-5-3-4-6-16(13)22(24)25/h3-10H,11H2,1-2H3,(H,20,23)/b19-10-. The molecule has 2 aromatic carbocycles. The van der Waals surface area contributed by atoms with Crippen LogP contribution in [0.5, 0.6) is 0 Å². The molecule has 0 aliphatic rings. The van der Waals surface area contributed by atoms with E-state index in [1.165, 1.54) is 30.3 Å². The lowest BCUT2D eigenvalue weighted by atomic mass is 10.2. The van der Waals surface area contributed by atoms with Crippen LogP contribution in [0.15, 0.2) is 47.6 Å². The summed E-state index contributed by atoms with van der Waals surface area (Å²) in [7, 11) is -3.76. The van der Waals surface area contributed by atoms with Gasteiger partial charge in [-0.05, 0) is 36.8 Å². The van der Waals surface area contributed by atoms with Gasteiger partial charge in [-0.3, -0.25) is 19.2 Å². The molecule has 2 rings (SSSR count). The number of hydrogen-bond donors (Lipinski definition) is 1. The van der Waals surface area contributed by atoms with Crippen LogP contribution in [0.4, 0.5) is 11.4 Å². The van der Waals surface area contributed by atoms with E-state index < -0.39 is 27.4 Å². The minimum Gasteiger partial charge on any atom is -0.271 e. The van der Waals surface area contributed by atoms with Gasteiger partial charge in [0.25, 0.3) is 11.6 Å². The van der Waals surface area contributed by atoms with E-state index in [2.05, 4.69) is 10.5 Å². The highest BCUT2D eigenvalue weighted by Gasteiger charge is 2.22. The zero-order chi connectivity index (χ0) is 20.9. The maximum atomic E-state index is 12.2. The van der Waals surface area contributed by atoms with Gasteiger partial charge in [-0.25, -0.2) is 13.8 Å². The van der Waals surface area contributed by atoms with E-state index in [0.717, 1.165) is 16.8 Å². The Hall–Kier alpha value is -2.98. The number of nitro groups is 1. The van der Waals surface area contributed by atoms with Gasteiger partial charge < -0.3 is 0 Å². The van der Waals surface area contributed by atoms with Crippen molar-refractivity contribution in [2.75, 3.05) is 17.1 Å². The molecule has 0 radical (unpaired) electrons. The maximum Gasteiger partial charge on any atom is 0.278 e. The van der Waals surface area contributed by atoms with Crippen LogP contribution in [0.1, 0.15) is 11.1 Å². The molecule has 0 atom stereocenters. The fourth-order valence-electron chi connectivity index (χ4n) is 2.38. The molecule has 11 heteroatoms. The Morgan fingerprint density at radius 3 is 2.61 bits per heavy atom. The largest absolute Gasteiger partial charge is 0.278 e. The summed E-state index contributed by atoms with van der Waals surface area (Å²) in [4.78, 5) is 22.6. The fourth-order valence-corrected chi connectivity index (χ4v) is 3.52. The Balaban J connectivity index is 2.16. The van der Waals surface area contributed by atoms with Gasteiger partial charge in [-0.15, -0.1) is 0 Å². The number of benzene rings is 2. The van der Waals surface area contributed by atoms with Gasteiger partial charge in [0.1, 0.15) is 6.54 Å². The molecule has 0 heterocycles. The van der Waals surface area contributed by atoms with E-state index in [1.807, 2.05) is 0 Å². The number of carbonyl (C=O) groups is 1. The molecule has 2 aromatic rings. The highest BCUT2D eigenvalue weighted by molar-refractivity contribution is 7.92. The van der Waals surface area contributed by atoms with Gasteiger partial charge in [0.15, 0.2) is 0 Å². The Morgan fingerprint density at radius 1 is 1.32 bits per heavy atom. The van der Waals surface area contributed by atoms with Crippen LogP contribution in [0.3, 0.4) is 0 Å². The van der Waals surface area contributed by atoms with Gasteiger partial charge >= 0.3 is 0 Å². The number of rotatable bonds is 7. The van der Waals surface area contributed by atoms with E-state index >= 15 is 0 Å². The molecule has 0 aliphatic heterocycles. The highest BCUT2D eigenvalue weighted by atomic mass is 35.5. The number of nitrogens with zero attached hydrogens (tertiary/aromatic N) is 3. The minimum atomic E-state index is -3.76. The Labute approximate surface area is 166 Å². The van der Waals surface area contributed by atoms with Gasteiger partial charge in [0, 0.05) is 11.1 Å². The first-order valence-corrected chi connectivity index (χ1v) is 10.1. The molecule has 9 nitrogen and oxygen atoms in total. The third kappa shape index (κ3) is 5.51. The van der Waals surface area contributed by atoms with Gasteiger partial charge in [-0.2, -0.15) is 5.10 Å². The monoisotopic (exact) mass is 424 g/mol. The number of halogens is 1. The first kappa shape index (κ1) is 21.3. The Morgan fingerprint density at radius 2 is 2.00 bits per heavy atom. The van der Waals surface area contributed by atoms with Crippen LogP contribution in [0.2, 0.25) is 5.02 Å².